The summed E-state index contributed by atoms with van der Waals surface area (Å²) in [5.41, 5.74) is 0.941. The summed E-state index contributed by atoms with van der Waals surface area (Å²) in [5.74, 6) is -4.50. The van der Waals surface area contributed by atoms with Crippen LogP contribution >= 0.6 is 0 Å². The Morgan fingerprint density at radius 2 is 1.76 bits per heavy atom. The van der Waals surface area contributed by atoms with Crippen LogP contribution in [0.3, 0.4) is 0 Å². The minimum absolute atomic E-state index is 0.367. The maximum atomic E-state index is 12.8. The lowest BCUT2D eigenvalue weighted by atomic mass is 10.00. The Hall–Kier alpha value is -2.17. The molecule has 5 heteroatoms. The van der Waals surface area contributed by atoms with E-state index in [4.69, 9.17) is 10.2 Å². The smallest absolute Gasteiger partial charge is 0.364 e. The van der Waals surface area contributed by atoms with Crippen molar-refractivity contribution in [2.45, 2.75) is 12.8 Å². The first-order chi connectivity index (χ1) is 7.91. The average molecular weight is 238 g/mol. The van der Waals surface area contributed by atoms with Gasteiger partial charge in [-0.1, -0.05) is 24.3 Å². The summed E-state index contributed by atoms with van der Waals surface area (Å²) in [6.07, 6.45) is 0.873. The molecule has 0 aliphatic rings. The molecular weight excluding hydrogens is 227 g/mol. The molecule has 17 heavy (non-hydrogen) atoms. The lowest BCUT2D eigenvalue weighted by molar-refractivity contribution is -0.138. The average Bonchev–Trinajstić information content (AvgIpc) is 2.28. The van der Waals surface area contributed by atoms with Crippen LogP contribution < -0.4 is 0 Å². The van der Waals surface area contributed by atoms with Crippen molar-refractivity contribution in [3.63, 3.8) is 0 Å². The van der Waals surface area contributed by atoms with Crippen LogP contribution in [-0.2, 0) is 9.59 Å². The summed E-state index contributed by atoms with van der Waals surface area (Å²) in [6, 6.07) is 5.99. The summed E-state index contributed by atoms with van der Waals surface area (Å²) >= 11 is 0. The Morgan fingerprint density at radius 3 is 2.18 bits per heavy atom. The molecule has 0 saturated carbocycles. The SMILES string of the molecule is CC(C(=O)O)c1ccc(/C=C(\F)C(=O)O)cc1. The van der Waals surface area contributed by atoms with E-state index in [-0.39, 0.29) is 0 Å². The van der Waals surface area contributed by atoms with Gasteiger partial charge in [0.1, 0.15) is 0 Å². The highest BCUT2D eigenvalue weighted by atomic mass is 19.1. The van der Waals surface area contributed by atoms with Gasteiger partial charge >= 0.3 is 11.9 Å². The predicted molar refractivity (Wildman–Crippen MR) is 59.2 cm³/mol. The molecule has 0 bridgehead atoms. The second-order valence-electron chi connectivity index (χ2n) is 3.52. The maximum Gasteiger partial charge on any atom is 0.364 e. The number of carboxylic acid groups (broad SMARTS) is 2. The van der Waals surface area contributed by atoms with Crippen molar-refractivity contribution < 1.29 is 24.2 Å². The van der Waals surface area contributed by atoms with Crippen LogP contribution in [0.15, 0.2) is 30.1 Å². The summed E-state index contributed by atoms with van der Waals surface area (Å²) in [7, 11) is 0. The molecule has 1 rings (SSSR count). The van der Waals surface area contributed by atoms with Gasteiger partial charge in [-0.2, -0.15) is 4.39 Å². The Labute approximate surface area is 97.0 Å². The van der Waals surface area contributed by atoms with E-state index < -0.39 is 23.7 Å². The van der Waals surface area contributed by atoms with Gasteiger partial charge in [0.15, 0.2) is 0 Å². The number of carboxylic acids is 2. The Bertz CT molecular complexity index is 462. The number of aliphatic carboxylic acids is 2. The molecule has 0 aliphatic carbocycles. The molecule has 1 atom stereocenters. The van der Waals surface area contributed by atoms with Crippen molar-refractivity contribution in [2.24, 2.45) is 0 Å². The van der Waals surface area contributed by atoms with E-state index in [0.29, 0.717) is 11.1 Å². The molecule has 0 aromatic heterocycles. The van der Waals surface area contributed by atoms with Gasteiger partial charge in [-0.05, 0) is 24.1 Å². The Balaban J connectivity index is 2.93. The molecule has 1 aromatic carbocycles. The third-order valence-corrected chi connectivity index (χ3v) is 2.30. The summed E-state index contributed by atoms with van der Waals surface area (Å²) < 4.78 is 12.8. The largest absolute Gasteiger partial charge is 0.481 e. The van der Waals surface area contributed by atoms with Crippen LogP contribution in [0.1, 0.15) is 24.0 Å². The topological polar surface area (TPSA) is 74.6 Å². The minimum Gasteiger partial charge on any atom is -0.481 e. The van der Waals surface area contributed by atoms with Crippen molar-refractivity contribution >= 4 is 18.0 Å². The second kappa shape index (κ2) is 5.25. The third-order valence-electron chi connectivity index (χ3n) is 2.30. The van der Waals surface area contributed by atoms with Crippen molar-refractivity contribution in [3.05, 3.63) is 41.2 Å². The number of halogens is 1. The third kappa shape index (κ3) is 3.41. The van der Waals surface area contributed by atoms with Gasteiger partial charge in [0.05, 0.1) is 5.92 Å². The molecule has 0 aliphatic heterocycles. The molecule has 2 N–H and O–H groups in total. The summed E-state index contributed by atoms with van der Waals surface area (Å²) in [4.78, 5) is 20.9. The monoisotopic (exact) mass is 238 g/mol. The van der Waals surface area contributed by atoms with Crippen molar-refractivity contribution in [2.75, 3.05) is 0 Å². The van der Waals surface area contributed by atoms with Crippen LogP contribution in [0.25, 0.3) is 6.08 Å². The van der Waals surface area contributed by atoms with E-state index in [2.05, 4.69) is 0 Å². The lowest BCUT2D eigenvalue weighted by Gasteiger charge is -2.06. The van der Waals surface area contributed by atoms with Crippen LogP contribution in [0.5, 0.6) is 0 Å². The molecule has 1 unspecified atom stereocenters. The van der Waals surface area contributed by atoms with Crippen LogP contribution in [-0.4, -0.2) is 22.2 Å². The van der Waals surface area contributed by atoms with E-state index in [1.165, 1.54) is 31.2 Å². The van der Waals surface area contributed by atoms with Crippen molar-refractivity contribution in [1.82, 2.24) is 0 Å². The van der Waals surface area contributed by atoms with E-state index in [1.807, 2.05) is 0 Å². The van der Waals surface area contributed by atoms with Gasteiger partial charge in [0.25, 0.3) is 0 Å². The Kier molecular flexibility index (Phi) is 3.98. The van der Waals surface area contributed by atoms with E-state index in [0.717, 1.165) is 6.08 Å². The molecule has 0 amide bonds. The van der Waals surface area contributed by atoms with Gasteiger partial charge in [-0.3, -0.25) is 4.79 Å². The van der Waals surface area contributed by atoms with Crippen LogP contribution in [0.2, 0.25) is 0 Å². The molecule has 0 fully saturated rings. The molecule has 0 radical (unpaired) electrons. The molecule has 0 heterocycles. The fourth-order valence-electron chi connectivity index (χ4n) is 1.23. The Morgan fingerprint density at radius 1 is 1.24 bits per heavy atom. The molecule has 4 nitrogen and oxygen atoms in total. The maximum absolute atomic E-state index is 12.8. The number of rotatable bonds is 4. The van der Waals surface area contributed by atoms with Gasteiger partial charge in [-0.15, -0.1) is 0 Å². The fourth-order valence-corrected chi connectivity index (χ4v) is 1.23. The predicted octanol–water partition coefficient (Wildman–Crippen LogP) is 2.27. The normalized spacial score (nSPS) is 13.2. The van der Waals surface area contributed by atoms with E-state index in [9.17, 15) is 14.0 Å². The first kappa shape index (κ1) is 12.9. The van der Waals surface area contributed by atoms with Crippen LogP contribution in [0.4, 0.5) is 4.39 Å². The van der Waals surface area contributed by atoms with Gasteiger partial charge in [0.2, 0.25) is 5.83 Å². The second-order valence-corrected chi connectivity index (χ2v) is 3.52. The zero-order valence-electron chi connectivity index (χ0n) is 9.05. The van der Waals surface area contributed by atoms with Gasteiger partial charge < -0.3 is 10.2 Å². The fraction of sp³-hybridized carbons (Fsp3) is 0.167. The number of benzene rings is 1. The van der Waals surface area contributed by atoms with Gasteiger partial charge in [-0.25, -0.2) is 4.79 Å². The van der Waals surface area contributed by atoms with Gasteiger partial charge in [0, 0.05) is 0 Å². The standard InChI is InChI=1S/C12H11FO4/c1-7(11(14)15)9-4-2-8(3-5-9)6-10(13)12(16)17/h2-7H,1H3,(H,14,15)(H,16,17)/b10-6-. The molecular formula is C12H11FO4. The summed E-state index contributed by atoms with van der Waals surface area (Å²) in [6.45, 7) is 1.53. The molecule has 0 spiro atoms. The van der Waals surface area contributed by atoms with Crippen molar-refractivity contribution in [3.8, 4) is 0 Å². The zero-order valence-corrected chi connectivity index (χ0v) is 9.05. The molecule has 1 aromatic rings. The zero-order chi connectivity index (χ0) is 13.0. The van der Waals surface area contributed by atoms with Crippen LogP contribution in [0, 0.1) is 0 Å². The highest BCUT2D eigenvalue weighted by Gasteiger charge is 2.13. The quantitative estimate of drug-likeness (QED) is 0.789. The first-order valence-corrected chi connectivity index (χ1v) is 4.85. The highest BCUT2D eigenvalue weighted by Crippen LogP contribution is 2.17. The van der Waals surface area contributed by atoms with E-state index >= 15 is 0 Å². The molecule has 90 valence electrons. The number of carbonyl (C=O) groups is 2. The van der Waals surface area contributed by atoms with E-state index in [1.54, 1.807) is 0 Å². The minimum atomic E-state index is -1.63. The highest BCUT2D eigenvalue weighted by molar-refractivity contribution is 5.89. The summed E-state index contributed by atoms with van der Waals surface area (Å²) in [5, 5.41) is 17.1. The molecule has 0 saturated heterocycles. The number of hydrogen-bond acceptors (Lipinski definition) is 2. The lowest BCUT2D eigenvalue weighted by Crippen LogP contribution is -2.06. The van der Waals surface area contributed by atoms with Crippen molar-refractivity contribution in [1.29, 1.82) is 0 Å². The first-order valence-electron chi connectivity index (χ1n) is 4.85. The number of hydrogen-bond donors (Lipinski definition) is 2.